The standard InChI is InChI=1S/C18H24F3NO3/c1-3-5-7-13(4-2)12-25-15-9-6-8-14(10-15)22-17(24)11-16(23)18(19,20)21/h6,8-10,13H,3-5,7,11-12H2,1-2H3,(H,22,24). The van der Waals surface area contributed by atoms with E-state index in [-0.39, 0.29) is 0 Å². The SMILES string of the molecule is CCCCC(CC)COc1cccc(NC(=O)CC(=O)C(F)(F)F)c1. The molecule has 0 saturated heterocycles. The van der Waals surface area contributed by atoms with Crippen molar-refractivity contribution >= 4 is 17.4 Å². The summed E-state index contributed by atoms with van der Waals surface area (Å²) in [5.74, 6) is -2.12. The van der Waals surface area contributed by atoms with Gasteiger partial charge in [0.15, 0.2) is 0 Å². The molecule has 4 nitrogen and oxygen atoms in total. The summed E-state index contributed by atoms with van der Waals surface area (Å²) in [6, 6.07) is 6.40. The first-order valence-corrected chi connectivity index (χ1v) is 8.39. The number of alkyl halides is 3. The van der Waals surface area contributed by atoms with Gasteiger partial charge < -0.3 is 10.1 Å². The van der Waals surface area contributed by atoms with Crippen molar-refractivity contribution in [3.63, 3.8) is 0 Å². The van der Waals surface area contributed by atoms with E-state index < -0.39 is 24.3 Å². The summed E-state index contributed by atoms with van der Waals surface area (Å²) in [6.45, 7) is 4.77. The average Bonchev–Trinajstić information content (AvgIpc) is 2.54. The first-order chi connectivity index (χ1) is 11.8. The van der Waals surface area contributed by atoms with Crippen molar-refractivity contribution in [3.8, 4) is 5.75 Å². The highest BCUT2D eigenvalue weighted by molar-refractivity contribution is 6.06. The molecule has 1 aromatic rings. The van der Waals surface area contributed by atoms with Crippen molar-refractivity contribution in [2.24, 2.45) is 5.92 Å². The number of benzene rings is 1. The van der Waals surface area contributed by atoms with Crippen LogP contribution in [0.5, 0.6) is 5.75 Å². The van der Waals surface area contributed by atoms with Gasteiger partial charge in [0, 0.05) is 11.8 Å². The van der Waals surface area contributed by atoms with E-state index in [1.807, 2.05) is 0 Å². The molecule has 0 aromatic heterocycles. The number of anilines is 1. The van der Waals surface area contributed by atoms with Crippen LogP contribution < -0.4 is 10.1 Å². The number of halogens is 3. The Balaban J connectivity index is 2.57. The molecule has 1 aromatic carbocycles. The second-order valence-electron chi connectivity index (χ2n) is 5.90. The molecule has 0 saturated carbocycles. The largest absolute Gasteiger partial charge is 0.493 e. The van der Waals surface area contributed by atoms with Crippen LogP contribution in [0.3, 0.4) is 0 Å². The molecule has 1 atom stereocenters. The highest BCUT2D eigenvalue weighted by Gasteiger charge is 2.39. The molecule has 140 valence electrons. The number of ether oxygens (including phenoxy) is 1. The normalized spacial score (nSPS) is 12.5. The number of hydrogen-bond donors (Lipinski definition) is 1. The van der Waals surface area contributed by atoms with Gasteiger partial charge in [-0.05, 0) is 24.5 Å². The molecule has 0 fully saturated rings. The predicted molar refractivity (Wildman–Crippen MR) is 89.6 cm³/mol. The maximum atomic E-state index is 12.2. The van der Waals surface area contributed by atoms with E-state index in [4.69, 9.17) is 4.74 Å². The number of rotatable bonds is 10. The van der Waals surface area contributed by atoms with Crippen molar-refractivity contribution in [1.29, 1.82) is 0 Å². The lowest BCUT2D eigenvalue weighted by Crippen LogP contribution is -2.27. The average molecular weight is 359 g/mol. The van der Waals surface area contributed by atoms with Crippen molar-refractivity contribution in [3.05, 3.63) is 24.3 Å². The maximum absolute atomic E-state index is 12.2. The summed E-state index contributed by atoms with van der Waals surface area (Å²) in [5, 5.41) is 2.28. The molecule has 1 rings (SSSR count). The molecule has 1 N–H and O–H groups in total. The molecule has 25 heavy (non-hydrogen) atoms. The van der Waals surface area contributed by atoms with E-state index >= 15 is 0 Å². The van der Waals surface area contributed by atoms with Gasteiger partial charge in [-0.3, -0.25) is 9.59 Å². The highest BCUT2D eigenvalue weighted by atomic mass is 19.4. The second-order valence-corrected chi connectivity index (χ2v) is 5.90. The Morgan fingerprint density at radius 3 is 2.56 bits per heavy atom. The number of ketones is 1. The molecular formula is C18H24F3NO3. The molecular weight excluding hydrogens is 335 g/mol. The van der Waals surface area contributed by atoms with Crippen LogP contribution in [0.25, 0.3) is 0 Å². The summed E-state index contributed by atoms with van der Waals surface area (Å²) in [7, 11) is 0. The van der Waals surface area contributed by atoms with Gasteiger partial charge >= 0.3 is 6.18 Å². The lowest BCUT2D eigenvalue weighted by Gasteiger charge is -2.16. The highest BCUT2D eigenvalue weighted by Crippen LogP contribution is 2.21. The molecule has 0 aliphatic carbocycles. The Kier molecular flexibility index (Phi) is 8.45. The summed E-state index contributed by atoms with van der Waals surface area (Å²) in [6.07, 6.45) is -1.92. The van der Waals surface area contributed by atoms with Crippen LogP contribution in [0, 0.1) is 5.92 Å². The van der Waals surface area contributed by atoms with E-state index in [9.17, 15) is 22.8 Å². The molecule has 1 amide bonds. The summed E-state index contributed by atoms with van der Waals surface area (Å²) < 4.78 is 42.2. The summed E-state index contributed by atoms with van der Waals surface area (Å²) in [5.41, 5.74) is 0.291. The molecule has 0 spiro atoms. The van der Waals surface area contributed by atoms with Crippen LogP contribution in [0.4, 0.5) is 18.9 Å². The van der Waals surface area contributed by atoms with Crippen LogP contribution >= 0.6 is 0 Å². The maximum Gasteiger partial charge on any atom is 0.450 e. The number of nitrogens with one attached hydrogen (secondary N) is 1. The zero-order chi connectivity index (χ0) is 18.9. The number of carbonyl (C=O) groups excluding carboxylic acids is 2. The number of carbonyl (C=O) groups is 2. The number of Topliss-reactive ketones (excluding diaryl/α,β-unsaturated/α-hetero) is 1. The fourth-order valence-electron chi connectivity index (χ4n) is 2.23. The summed E-state index contributed by atoms with van der Waals surface area (Å²) in [4.78, 5) is 22.4. The Morgan fingerprint density at radius 1 is 1.24 bits per heavy atom. The van der Waals surface area contributed by atoms with Crippen molar-refractivity contribution in [2.75, 3.05) is 11.9 Å². The molecule has 1 unspecified atom stereocenters. The first-order valence-electron chi connectivity index (χ1n) is 8.39. The molecule has 0 heterocycles. The lowest BCUT2D eigenvalue weighted by molar-refractivity contribution is -0.171. The molecule has 0 aliphatic heterocycles. The predicted octanol–water partition coefficient (Wildman–Crippen LogP) is 4.74. The van der Waals surface area contributed by atoms with Gasteiger partial charge in [0.2, 0.25) is 11.7 Å². The van der Waals surface area contributed by atoms with Gasteiger partial charge in [-0.2, -0.15) is 13.2 Å². The Morgan fingerprint density at radius 2 is 1.96 bits per heavy atom. The third-order valence-corrected chi connectivity index (χ3v) is 3.78. The van der Waals surface area contributed by atoms with Crippen molar-refractivity contribution in [1.82, 2.24) is 0 Å². The van der Waals surface area contributed by atoms with E-state index in [0.29, 0.717) is 24.0 Å². The fourth-order valence-corrected chi connectivity index (χ4v) is 2.23. The number of hydrogen-bond acceptors (Lipinski definition) is 3. The Hall–Kier alpha value is -2.05. The Labute approximate surface area is 145 Å². The quantitative estimate of drug-likeness (QED) is 0.614. The lowest BCUT2D eigenvalue weighted by atomic mass is 10.0. The van der Waals surface area contributed by atoms with Crippen LogP contribution in [0.1, 0.15) is 46.0 Å². The second kappa shape index (κ2) is 10.1. The van der Waals surface area contributed by atoms with E-state index in [1.54, 1.807) is 12.1 Å². The monoisotopic (exact) mass is 359 g/mol. The molecule has 0 bridgehead atoms. The minimum Gasteiger partial charge on any atom is -0.493 e. The van der Waals surface area contributed by atoms with E-state index in [2.05, 4.69) is 19.2 Å². The van der Waals surface area contributed by atoms with Crippen LogP contribution in [0.2, 0.25) is 0 Å². The fraction of sp³-hybridized carbons (Fsp3) is 0.556. The zero-order valence-electron chi connectivity index (χ0n) is 14.5. The van der Waals surface area contributed by atoms with Crippen molar-refractivity contribution < 1.29 is 27.5 Å². The van der Waals surface area contributed by atoms with Gasteiger partial charge in [-0.1, -0.05) is 39.2 Å². The van der Waals surface area contributed by atoms with Gasteiger partial charge in [-0.15, -0.1) is 0 Å². The third kappa shape index (κ3) is 8.05. The van der Waals surface area contributed by atoms with E-state index in [1.165, 1.54) is 12.1 Å². The Bertz CT molecular complexity index is 573. The minimum atomic E-state index is -5.00. The van der Waals surface area contributed by atoms with Gasteiger partial charge in [0.05, 0.1) is 13.0 Å². The first kappa shape index (κ1) is 21.0. The minimum absolute atomic E-state index is 0.291. The topological polar surface area (TPSA) is 55.4 Å². The van der Waals surface area contributed by atoms with Gasteiger partial charge in [0.25, 0.3) is 0 Å². The number of unbranched alkanes of at least 4 members (excludes halogenated alkanes) is 1. The van der Waals surface area contributed by atoms with Crippen molar-refractivity contribution in [2.45, 2.75) is 52.1 Å². The summed E-state index contributed by atoms with van der Waals surface area (Å²) >= 11 is 0. The van der Waals surface area contributed by atoms with Crippen LogP contribution in [-0.2, 0) is 9.59 Å². The third-order valence-electron chi connectivity index (χ3n) is 3.78. The van der Waals surface area contributed by atoms with Crippen LogP contribution in [-0.4, -0.2) is 24.5 Å². The molecule has 0 aliphatic rings. The van der Waals surface area contributed by atoms with Crippen LogP contribution in [0.15, 0.2) is 24.3 Å². The smallest absolute Gasteiger partial charge is 0.450 e. The number of amides is 1. The van der Waals surface area contributed by atoms with E-state index in [0.717, 1.165) is 25.7 Å². The molecule has 7 heteroatoms. The van der Waals surface area contributed by atoms with Gasteiger partial charge in [-0.25, -0.2) is 0 Å². The zero-order valence-corrected chi connectivity index (χ0v) is 14.5. The van der Waals surface area contributed by atoms with Gasteiger partial charge in [0.1, 0.15) is 5.75 Å². The molecule has 0 radical (unpaired) electrons.